The lowest BCUT2D eigenvalue weighted by Gasteiger charge is -2.36. The summed E-state index contributed by atoms with van der Waals surface area (Å²) in [6, 6.07) is 5.95. The quantitative estimate of drug-likeness (QED) is 0.282. The molecule has 11 heteroatoms. The third-order valence-electron chi connectivity index (χ3n) is 7.39. The summed E-state index contributed by atoms with van der Waals surface area (Å²) in [5.41, 5.74) is 6.92. The van der Waals surface area contributed by atoms with Crippen molar-refractivity contribution in [2.24, 2.45) is 23.5 Å². The number of likely N-dealkylation sites (tertiary alicyclic amines) is 1. The van der Waals surface area contributed by atoms with Gasteiger partial charge in [-0.25, -0.2) is 4.79 Å². The van der Waals surface area contributed by atoms with Crippen molar-refractivity contribution in [3.63, 3.8) is 0 Å². The Morgan fingerprint density at radius 3 is 2.22 bits per heavy atom. The zero-order valence-electron chi connectivity index (χ0n) is 24.9. The van der Waals surface area contributed by atoms with E-state index in [1.54, 1.807) is 58.9 Å². The Morgan fingerprint density at radius 2 is 1.68 bits per heavy atom. The number of nitrogens with one attached hydrogen (secondary N) is 1. The van der Waals surface area contributed by atoms with Crippen molar-refractivity contribution in [2.75, 3.05) is 6.54 Å². The predicted octanol–water partition coefficient (Wildman–Crippen LogP) is 2.30. The molecule has 1 aliphatic heterocycles. The van der Waals surface area contributed by atoms with Crippen LogP contribution in [0.25, 0.3) is 0 Å². The molecular weight excluding hydrogens is 530 g/mol. The number of aliphatic carboxylic acids is 1. The van der Waals surface area contributed by atoms with Gasteiger partial charge in [0.1, 0.15) is 24.3 Å². The Kier molecular flexibility index (Phi) is 12.8. The maximum Gasteiger partial charge on any atom is 0.329 e. The fraction of sp³-hybridized carbons (Fsp3) is 0.633. The van der Waals surface area contributed by atoms with E-state index in [2.05, 4.69) is 5.32 Å². The van der Waals surface area contributed by atoms with Crippen LogP contribution >= 0.6 is 0 Å². The fourth-order valence-corrected chi connectivity index (χ4v) is 4.55. The molecule has 11 nitrogen and oxygen atoms in total. The molecule has 4 N–H and O–H groups in total. The second kappa shape index (κ2) is 15.5. The van der Waals surface area contributed by atoms with Crippen molar-refractivity contribution in [2.45, 2.75) is 97.6 Å². The number of nitrogens with two attached hydrogens (primary N) is 1. The molecule has 2 rings (SSSR count). The monoisotopic (exact) mass is 575 g/mol. The molecule has 41 heavy (non-hydrogen) atoms. The van der Waals surface area contributed by atoms with Gasteiger partial charge in [-0.1, -0.05) is 71.9 Å². The zero-order valence-corrected chi connectivity index (χ0v) is 24.9. The second-order valence-corrected chi connectivity index (χ2v) is 11.3. The summed E-state index contributed by atoms with van der Waals surface area (Å²) in [6.07, 6.45) is -2.03. The average molecular weight is 576 g/mol. The molecule has 0 aliphatic carbocycles. The van der Waals surface area contributed by atoms with Gasteiger partial charge in [-0.2, -0.15) is 0 Å². The fourth-order valence-electron chi connectivity index (χ4n) is 4.55. The highest BCUT2D eigenvalue weighted by molar-refractivity contribution is 5.86. The number of carbonyl (C=O) groups excluding carboxylic acids is 4. The van der Waals surface area contributed by atoms with Gasteiger partial charge in [0.2, 0.25) is 11.8 Å². The molecule has 1 heterocycles. The number of carboxylic acids is 1. The first-order valence-corrected chi connectivity index (χ1v) is 14.3. The number of rotatable bonds is 14. The minimum absolute atomic E-state index is 0.110. The highest BCUT2D eigenvalue weighted by Gasteiger charge is 2.48. The molecular formula is C30H45N3O8. The molecule has 1 aromatic carbocycles. The Labute approximate surface area is 242 Å². The van der Waals surface area contributed by atoms with E-state index in [1.807, 2.05) is 13.0 Å². The van der Waals surface area contributed by atoms with E-state index < -0.39 is 66.5 Å². The largest absolute Gasteiger partial charge is 0.481 e. The van der Waals surface area contributed by atoms with Crippen molar-refractivity contribution in [3.8, 4) is 0 Å². The van der Waals surface area contributed by atoms with Gasteiger partial charge in [-0.3, -0.25) is 19.2 Å². The third-order valence-corrected chi connectivity index (χ3v) is 7.39. The minimum atomic E-state index is -1.37. The van der Waals surface area contributed by atoms with Gasteiger partial charge in [0.05, 0.1) is 18.4 Å². The second-order valence-electron chi connectivity index (χ2n) is 11.3. The first-order valence-electron chi connectivity index (χ1n) is 14.3. The number of ether oxygens (including phenoxy) is 2. The first kappa shape index (κ1) is 33.7. The van der Waals surface area contributed by atoms with Gasteiger partial charge in [-0.15, -0.1) is 0 Å². The molecule has 1 unspecified atom stereocenters. The van der Waals surface area contributed by atoms with Crippen LogP contribution in [0.4, 0.5) is 0 Å². The van der Waals surface area contributed by atoms with Crippen LogP contribution < -0.4 is 11.1 Å². The predicted molar refractivity (Wildman–Crippen MR) is 151 cm³/mol. The Morgan fingerprint density at radius 1 is 1.05 bits per heavy atom. The van der Waals surface area contributed by atoms with Gasteiger partial charge in [-0.05, 0) is 17.9 Å². The Bertz CT molecular complexity index is 1060. The molecule has 1 aromatic rings. The SMILES string of the molecule is CCC(C)C(=O)N[C@@H](Cc1ccccc1)C(=O)O[C@@H](CC(=O)O)[C@@H]1[C@H](OC(=O)C(C)C)CCN1C(=O)[C@@H](N)C(C)C. The number of carbonyl (C=O) groups is 5. The van der Waals surface area contributed by atoms with E-state index in [0.29, 0.717) is 6.42 Å². The van der Waals surface area contributed by atoms with E-state index in [0.717, 1.165) is 5.56 Å². The summed E-state index contributed by atoms with van der Waals surface area (Å²) in [7, 11) is 0. The van der Waals surface area contributed by atoms with E-state index in [1.165, 1.54) is 4.90 Å². The van der Waals surface area contributed by atoms with Crippen LogP contribution in [0.1, 0.15) is 66.4 Å². The standard InChI is InChI=1S/C30H45N3O8/c1-7-19(6)27(36)32-21(15-20-11-9-8-10-12-20)30(39)41-23(16-24(34)35)26-22(40-29(38)18(4)5)13-14-33(26)28(37)25(31)17(2)3/h8-12,17-19,21-23,25-26H,7,13-16,31H2,1-6H3,(H,32,36)(H,34,35)/t19?,21-,22+,23-,25-,26-/m0/s1. The maximum atomic E-state index is 13.6. The molecule has 0 radical (unpaired) electrons. The van der Waals surface area contributed by atoms with Crippen molar-refractivity contribution in [3.05, 3.63) is 35.9 Å². The minimum Gasteiger partial charge on any atom is -0.481 e. The number of hydrogen-bond acceptors (Lipinski definition) is 8. The van der Waals surface area contributed by atoms with Crippen LogP contribution in [-0.2, 0) is 39.9 Å². The van der Waals surface area contributed by atoms with Crippen LogP contribution in [0.15, 0.2) is 30.3 Å². The molecule has 2 amide bonds. The first-order chi connectivity index (χ1) is 19.3. The van der Waals surface area contributed by atoms with Crippen LogP contribution in [-0.4, -0.2) is 76.6 Å². The summed E-state index contributed by atoms with van der Waals surface area (Å²) in [5.74, 6) is -4.49. The van der Waals surface area contributed by atoms with Crippen LogP contribution in [0, 0.1) is 17.8 Å². The molecule has 0 aromatic heterocycles. The lowest BCUT2D eigenvalue weighted by molar-refractivity contribution is -0.169. The van der Waals surface area contributed by atoms with Crippen LogP contribution in [0.5, 0.6) is 0 Å². The van der Waals surface area contributed by atoms with Gasteiger partial charge in [0.15, 0.2) is 0 Å². The van der Waals surface area contributed by atoms with E-state index >= 15 is 0 Å². The van der Waals surface area contributed by atoms with E-state index in [4.69, 9.17) is 15.2 Å². The Hall–Kier alpha value is -3.47. The van der Waals surface area contributed by atoms with Gasteiger partial charge < -0.3 is 30.5 Å². The van der Waals surface area contributed by atoms with E-state index in [9.17, 15) is 29.1 Å². The number of hydrogen-bond donors (Lipinski definition) is 3. The van der Waals surface area contributed by atoms with Gasteiger partial charge in [0, 0.05) is 25.3 Å². The smallest absolute Gasteiger partial charge is 0.329 e. The lowest BCUT2D eigenvalue weighted by Crippen LogP contribution is -2.56. The van der Waals surface area contributed by atoms with Gasteiger partial charge >= 0.3 is 17.9 Å². The van der Waals surface area contributed by atoms with Crippen LogP contribution in [0.2, 0.25) is 0 Å². The summed E-state index contributed by atoms with van der Waals surface area (Å²) in [6.45, 7) is 10.6. The van der Waals surface area contributed by atoms with Crippen molar-refractivity contribution < 1.29 is 38.6 Å². The third kappa shape index (κ3) is 9.55. The highest BCUT2D eigenvalue weighted by atomic mass is 16.6. The summed E-state index contributed by atoms with van der Waals surface area (Å²) < 4.78 is 11.5. The molecule has 0 bridgehead atoms. The molecule has 0 saturated carbocycles. The molecule has 6 atom stereocenters. The normalized spacial score (nSPS) is 19.8. The highest BCUT2D eigenvalue weighted by Crippen LogP contribution is 2.29. The summed E-state index contributed by atoms with van der Waals surface area (Å²) >= 11 is 0. The lowest BCUT2D eigenvalue weighted by atomic mass is 9.99. The van der Waals surface area contributed by atoms with Crippen molar-refractivity contribution in [1.82, 2.24) is 10.2 Å². The average Bonchev–Trinajstić information content (AvgIpc) is 3.34. The molecule has 1 fully saturated rings. The number of carboxylic acid groups (broad SMARTS) is 1. The molecule has 1 aliphatic rings. The number of benzene rings is 1. The Balaban J connectivity index is 2.46. The van der Waals surface area contributed by atoms with E-state index in [-0.39, 0.29) is 37.1 Å². The topological polar surface area (TPSA) is 165 Å². The molecule has 0 spiro atoms. The maximum absolute atomic E-state index is 13.6. The number of amides is 2. The summed E-state index contributed by atoms with van der Waals surface area (Å²) in [4.78, 5) is 65.7. The van der Waals surface area contributed by atoms with Gasteiger partial charge in [0.25, 0.3) is 0 Å². The summed E-state index contributed by atoms with van der Waals surface area (Å²) in [5, 5.41) is 12.5. The number of esters is 2. The van der Waals surface area contributed by atoms with Crippen molar-refractivity contribution in [1.29, 1.82) is 0 Å². The zero-order chi connectivity index (χ0) is 30.9. The molecule has 1 saturated heterocycles. The van der Waals surface area contributed by atoms with Crippen LogP contribution in [0.3, 0.4) is 0 Å². The molecule has 228 valence electrons. The number of nitrogens with zero attached hydrogens (tertiary/aromatic N) is 1. The van der Waals surface area contributed by atoms with Crippen molar-refractivity contribution >= 4 is 29.7 Å².